The molecule has 8 heteroatoms. The fourth-order valence-corrected chi connectivity index (χ4v) is 4.76. The first-order valence-electron chi connectivity index (χ1n) is 7.87. The maximum absolute atomic E-state index is 13.1. The van der Waals surface area contributed by atoms with Crippen LogP contribution in [0.4, 0.5) is 5.69 Å². The van der Waals surface area contributed by atoms with Gasteiger partial charge >= 0.3 is 5.97 Å². The molecule has 0 aromatic heterocycles. The molecule has 0 radical (unpaired) electrons. The number of esters is 1. The van der Waals surface area contributed by atoms with Gasteiger partial charge in [-0.25, -0.2) is 13.2 Å². The largest absolute Gasteiger partial charge is 0.454 e. The van der Waals surface area contributed by atoms with Crippen molar-refractivity contribution < 1.29 is 22.7 Å². The molecule has 3 rings (SSSR count). The zero-order valence-electron chi connectivity index (χ0n) is 13.9. The van der Waals surface area contributed by atoms with Gasteiger partial charge in [-0.15, -0.1) is 0 Å². The molecule has 0 amide bonds. The third-order valence-corrected chi connectivity index (χ3v) is 6.28. The normalized spacial score (nSPS) is 13.4. The third kappa shape index (κ3) is 3.45. The molecule has 1 aliphatic heterocycles. The number of fused-ring (bicyclic) bond motifs is 1. The number of halogens is 1. The van der Waals surface area contributed by atoms with Crippen LogP contribution in [0.2, 0.25) is 5.02 Å². The lowest BCUT2D eigenvalue weighted by atomic mass is 10.2. The van der Waals surface area contributed by atoms with Crippen LogP contribution in [0.25, 0.3) is 0 Å². The van der Waals surface area contributed by atoms with Gasteiger partial charge in [-0.2, -0.15) is 0 Å². The number of nitrogens with zero attached hydrogens (tertiary/aromatic N) is 1. The highest BCUT2D eigenvalue weighted by molar-refractivity contribution is 7.93. The molecule has 0 spiro atoms. The van der Waals surface area contributed by atoms with Crippen molar-refractivity contribution in [1.82, 2.24) is 0 Å². The monoisotopic (exact) mass is 393 g/mol. The number of ether oxygens (including phenoxy) is 1. The Kier molecular flexibility index (Phi) is 5.02. The van der Waals surface area contributed by atoms with Crippen LogP contribution in [-0.4, -0.2) is 33.3 Å². The van der Waals surface area contributed by atoms with Crippen LogP contribution in [0.5, 0.6) is 0 Å². The van der Waals surface area contributed by atoms with Crippen LogP contribution in [-0.2, 0) is 26.0 Å². The molecule has 0 fully saturated rings. The van der Waals surface area contributed by atoms with Gasteiger partial charge in [0, 0.05) is 6.54 Å². The molecule has 0 aliphatic carbocycles. The molecular formula is C18H16ClNO5S. The third-order valence-electron chi connectivity index (χ3n) is 3.99. The molecule has 2 aromatic rings. The zero-order chi connectivity index (χ0) is 18.9. The van der Waals surface area contributed by atoms with Crippen LogP contribution in [0.15, 0.2) is 47.4 Å². The predicted molar refractivity (Wildman–Crippen MR) is 97.1 cm³/mol. The van der Waals surface area contributed by atoms with Crippen LogP contribution in [0.1, 0.15) is 22.8 Å². The highest BCUT2D eigenvalue weighted by Gasteiger charge is 2.32. The van der Waals surface area contributed by atoms with Crippen molar-refractivity contribution >= 4 is 39.1 Å². The fraction of sp³-hybridized carbons (Fsp3) is 0.222. The number of carbonyl (C=O) groups is 2. The summed E-state index contributed by atoms with van der Waals surface area (Å²) in [7, 11) is -3.94. The van der Waals surface area contributed by atoms with E-state index >= 15 is 0 Å². The second-order valence-electron chi connectivity index (χ2n) is 5.88. The molecule has 0 saturated heterocycles. The predicted octanol–water partition coefficient (Wildman–Crippen LogP) is 2.84. The number of benzene rings is 2. The first-order chi connectivity index (χ1) is 12.3. The Balaban J connectivity index is 1.97. The molecule has 6 nitrogen and oxygen atoms in total. The number of sulfonamides is 1. The number of carbonyl (C=O) groups excluding carboxylic acids is 2. The van der Waals surface area contributed by atoms with Crippen molar-refractivity contribution in [3.8, 4) is 0 Å². The van der Waals surface area contributed by atoms with Crippen LogP contribution >= 0.6 is 11.6 Å². The lowest BCUT2D eigenvalue weighted by Gasteiger charge is -2.20. The topological polar surface area (TPSA) is 80.8 Å². The second kappa shape index (κ2) is 7.09. The summed E-state index contributed by atoms with van der Waals surface area (Å²) in [6.45, 7) is 1.22. The summed E-state index contributed by atoms with van der Waals surface area (Å²) in [5, 5.41) is 0.0116. The number of rotatable bonds is 5. The van der Waals surface area contributed by atoms with Crippen LogP contribution in [0, 0.1) is 0 Å². The number of para-hydroxylation sites is 1. The quantitative estimate of drug-likeness (QED) is 0.729. The molecular weight excluding hydrogens is 378 g/mol. The van der Waals surface area contributed by atoms with E-state index in [2.05, 4.69) is 0 Å². The van der Waals surface area contributed by atoms with Crippen molar-refractivity contribution in [1.29, 1.82) is 0 Å². The van der Waals surface area contributed by atoms with Crippen molar-refractivity contribution in [2.45, 2.75) is 18.2 Å². The summed E-state index contributed by atoms with van der Waals surface area (Å²) >= 11 is 6.11. The van der Waals surface area contributed by atoms with E-state index in [0.29, 0.717) is 18.7 Å². The maximum Gasteiger partial charge on any atom is 0.338 e. The Morgan fingerprint density at radius 2 is 1.92 bits per heavy atom. The van der Waals surface area contributed by atoms with Crippen LogP contribution < -0.4 is 4.31 Å². The summed E-state index contributed by atoms with van der Waals surface area (Å²) in [6.07, 6.45) is 0.605. The van der Waals surface area contributed by atoms with Gasteiger partial charge in [0.1, 0.15) is 11.5 Å². The molecule has 0 bridgehead atoms. The van der Waals surface area contributed by atoms with Crippen molar-refractivity contribution in [3.05, 3.63) is 58.6 Å². The van der Waals surface area contributed by atoms with E-state index < -0.39 is 16.0 Å². The smallest absolute Gasteiger partial charge is 0.338 e. The second-order valence-corrected chi connectivity index (χ2v) is 8.12. The summed E-state index contributed by atoms with van der Waals surface area (Å²) in [4.78, 5) is 22.8. The van der Waals surface area contributed by atoms with Crippen molar-refractivity contribution in [3.63, 3.8) is 0 Å². The average Bonchev–Trinajstić information content (AvgIpc) is 3.04. The first-order valence-corrected chi connectivity index (χ1v) is 9.69. The standard InChI is InChI=1S/C18H16ClNO5S/c1-12(21)11-25-18(22)14-6-7-15(19)17(10-14)26(23,24)20-9-8-13-4-2-3-5-16(13)20/h2-7,10H,8-9,11H2,1H3. The molecule has 136 valence electrons. The minimum absolute atomic E-state index is 0.0116. The van der Waals surface area contributed by atoms with Gasteiger partial charge in [0.15, 0.2) is 5.78 Å². The Morgan fingerprint density at radius 3 is 2.65 bits per heavy atom. The molecule has 2 aromatic carbocycles. The van der Waals surface area contributed by atoms with Crippen LogP contribution in [0.3, 0.4) is 0 Å². The molecule has 1 heterocycles. The van der Waals surface area contributed by atoms with E-state index in [-0.39, 0.29) is 27.9 Å². The van der Waals surface area contributed by atoms with Crippen molar-refractivity contribution in [2.75, 3.05) is 17.5 Å². The molecule has 26 heavy (non-hydrogen) atoms. The highest BCUT2D eigenvalue weighted by Crippen LogP contribution is 2.35. The number of hydrogen-bond donors (Lipinski definition) is 0. The fourth-order valence-electron chi connectivity index (χ4n) is 2.75. The first kappa shape index (κ1) is 18.4. The van der Waals surface area contributed by atoms with E-state index in [4.69, 9.17) is 16.3 Å². The summed E-state index contributed by atoms with van der Waals surface area (Å²) < 4.78 is 32.3. The number of Topliss-reactive ketones (excluding diaryl/α,β-unsaturated/α-hetero) is 1. The van der Waals surface area contributed by atoms with E-state index in [1.165, 1.54) is 29.4 Å². The van der Waals surface area contributed by atoms with Gasteiger partial charge in [0.05, 0.1) is 16.3 Å². The number of hydrogen-bond acceptors (Lipinski definition) is 5. The zero-order valence-corrected chi connectivity index (χ0v) is 15.5. The molecule has 0 saturated carbocycles. The highest BCUT2D eigenvalue weighted by atomic mass is 35.5. The Labute approximate surface area is 156 Å². The van der Waals surface area contributed by atoms with Gasteiger partial charge in [0.25, 0.3) is 10.0 Å². The molecule has 1 aliphatic rings. The van der Waals surface area contributed by atoms with Gasteiger partial charge in [0.2, 0.25) is 0 Å². The van der Waals surface area contributed by atoms with E-state index in [1.54, 1.807) is 12.1 Å². The van der Waals surface area contributed by atoms with E-state index in [0.717, 1.165) is 5.56 Å². The van der Waals surface area contributed by atoms with Crippen molar-refractivity contribution in [2.24, 2.45) is 0 Å². The minimum atomic E-state index is -3.94. The SMILES string of the molecule is CC(=O)COC(=O)c1ccc(Cl)c(S(=O)(=O)N2CCc3ccccc32)c1. The van der Waals surface area contributed by atoms with Gasteiger partial charge in [-0.1, -0.05) is 29.8 Å². The van der Waals surface area contributed by atoms with Gasteiger partial charge < -0.3 is 4.74 Å². The average molecular weight is 394 g/mol. The van der Waals surface area contributed by atoms with E-state index in [1.807, 2.05) is 12.1 Å². The summed E-state index contributed by atoms with van der Waals surface area (Å²) in [6, 6.07) is 11.1. The molecule has 0 unspecified atom stereocenters. The summed E-state index contributed by atoms with van der Waals surface area (Å²) in [5.41, 5.74) is 1.55. The van der Waals surface area contributed by atoms with E-state index in [9.17, 15) is 18.0 Å². The molecule has 0 N–H and O–H groups in total. The lowest BCUT2D eigenvalue weighted by Crippen LogP contribution is -2.29. The van der Waals surface area contributed by atoms with Gasteiger partial charge in [-0.3, -0.25) is 9.10 Å². The molecule has 0 atom stereocenters. The maximum atomic E-state index is 13.1. The Morgan fingerprint density at radius 1 is 1.19 bits per heavy atom. The Bertz CT molecular complexity index is 987. The van der Waals surface area contributed by atoms with Gasteiger partial charge in [-0.05, 0) is 43.2 Å². The number of anilines is 1. The minimum Gasteiger partial charge on any atom is -0.454 e. The summed E-state index contributed by atoms with van der Waals surface area (Å²) in [5.74, 6) is -1.09. The Hall–Kier alpha value is -2.38. The lowest BCUT2D eigenvalue weighted by molar-refractivity contribution is -0.120. The number of ketones is 1.